The van der Waals surface area contributed by atoms with Gasteiger partial charge < -0.3 is 19.7 Å². The number of pyridine rings is 1. The van der Waals surface area contributed by atoms with Crippen LogP contribution in [0.15, 0.2) is 54.7 Å². The van der Waals surface area contributed by atoms with Gasteiger partial charge in [-0.2, -0.15) is 0 Å². The van der Waals surface area contributed by atoms with Gasteiger partial charge in [0.15, 0.2) is 0 Å². The van der Waals surface area contributed by atoms with E-state index in [2.05, 4.69) is 10.3 Å². The van der Waals surface area contributed by atoms with Gasteiger partial charge in [0.1, 0.15) is 17.5 Å². The quantitative estimate of drug-likeness (QED) is 0.306. The fourth-order valence-corrected chi connectivity index (χ4v) is 5.81. The van der Waals surface area contributed by atoms with Gasteiger partial charge in [0, 0.05) is 49.3 Å². The molecule has 2 heterocycles. The molecule has 2 unspecified atom stereocenters. The van der Waals surface area contributed by atoms with Crippen molar-refractivity contribution in [2.24, 2.45) is 5.92 Å². The lowest BCUT2D eigenvalue weighted by Crippen LogP contribution is -2.43. The molecule has 2 atom stereocenters. The molecule has 0 spiro atoms. The van der Waals surface area contributed by atoms with Gasteiger partial charge in [0.05, 0.1) is 7.11 Å². The predicted octanol–water partition coefficient (Wildman–Crippen LogP) is 5.62. The number of esters is 1. The highest BCUT2D eigenvalue weighted by atomic mass is 16.6. The number of nitrogens with zero attached hydrogens (tertiary/aromatic N) is 3. The van der Waals surface area contributed by atoms with Gasteiger partial charge in [0.25, 0.3) is 5.91 Å². The van der Waals surface area contributed by atoms with Crippen molar-refractivity contribution < 1.29 is 28.7 Å². The van der Waals surface area contributed by atoms with E-state index in [9.17, 15) is 19.2 Å². The first-order valence-electron chi connectivity index (χ1n) is 15.4. The highest BCUT2D eigenvalue weighted by molar-refractivity contribution is 5.99. The third-order valence-corrected chi connectivity index (χ3v) is 7.82. The Bertz CT molecular complexity index is 1590. The van der Waals surface area contributed by atoms with Crippen molar-refractivity contribution in [2.75, 3.05) is 30.0 Å². The van der Waals surface area contributed by atoms with Crippen LogP contribution >= 0.6 is 0 Å². The second-order valence-electron chi connectivity index (χ2n) is 13.1. The molecule has 1 aromatic heterocycles. The van der Waals surface area contributed by atoms with Crippen molar-refractivity contribution in [1.29, 1.82) is 0 Å². The Kier molecular flexibility index (Phi) is 10.5. The predicted molar refractivity (Wildman–Crippen MR) is 177 cm³/mol. The van der Waals surface area contributed by atoms with Gasteiger partial charge in [-0.1, -0.05) is 29.8 Å². The Morgan fingerprint density at radius 1 is 1.00 bits per heavy atom. The van der Waals surface area contributed by atoms with Crippen molar-refractivity contribution in [3.05, 3.63) is 88.1 Å². The molecular formula is C36H44N4O6. The van der Waals surface area contributed by atoms with E-state index in [1.54, 1.807) is 11.1 Å². The van der Waals surface area contributed by atoms with E-state index in [-0.39, 0.29) is 37.1 Å². The molecule has 4 rings (SSSR count). The van der Waals surface area contributed by atoms with Crippen molar-refractivity contribution in [2.45, 2.75) is 73.0 Å². The van der Waals surface area contributed by atoms with Crippen LogP contribution in [0.5, 0.6) is 0 Å². The van der Waals surface area contributed by atoms with Crippen LogP contribution in [0.3, 0.4) is 0 Å². The van der Waals surface area contributed by atoms with Crippen LogP contribution in [-0.2, 0) is 25.5 Å². The standard InChI is InChI=1S/C36H44N4O6/c1-22-13-14-37-30(17-22)40(35(44)46-36(5,6)7)21-27-19-31(41)39(20-27)28-11-9-26(10-12-28)18-29(34(43)45-8)38-33(42)32-24(3)15-23(2)16-25(32)4/h9-17,27,29H,18-21H2,1-8H3,(H,38,42). The van der Waals surface area contributed by atoms with Gasteiger partial charge in [-0.15, -0.1) is 0 Å². The van der Waals surface area contributed by atoms with Crippen LogP contribution in [0.4, 0.5) is 16.3 Å². The topological polar surface area (TPSA) is 118 Å². The molecule has 0 saturated carbocycles. The number of carbonyl (C=O) groups is 4. The fourth-order valence-electron chi connectivity index (χ4n) is 5.81. The maximum absolute atomic E-state index is 13.2. The Morgan fingerprint density at radius 3 is 2.24 bits per heavy atom. The molecule has 1 aliphatic rings. The van der Waals surface area contributed by atoms with Gasteiger partial charge in [-0.05, 0) is 95.0 Å². The number of aromatic nitrogens is 1. The molecule has 3 aromatic rings. The van der Waals surface area contributed by atoms with Crippen LogP contribution in [0.2, 0.25) is 0 Å². The number of hydrogen-bond donors (Lipinski definition) is 1. The summed E-state index contributed by atoms with van der Waals surface area (Å²) in [5, 5.41) is 2.85. The number of amides is 3. The first-order valence-corrected chi connectivity index (χ1v) is 15.4. The van der Waals surface area contributed by atoms with Gasteiger partial charge in [-0.25, -0.2) is 14.6 Å². The summed E-state index contributed by atoms with van der Waals surface area (Å²) in [6.07, 6.45) is 1.62. The summed E-state index contributed by atoms with van der Waals surface area (Å²) in [5.41, 5.74) is 5.04. The monoisotopic (exact) mass is 628 g/mol. The summed E-state index contributed by atoms with van der Waals surface area (Å²) in [6, 6.07) is 14.0. The van der Waals surface area contributed by atoms with Crippen LogP contribution in [-0.4, -0.2) is 60.7 Å². The van der Waals surface area contributed by atoms with Gasteiger partial charge >= 0.3 is 12.1 Å². The summed E-state index contributed by atoms with van der Waals surface area (Å²) < 4.78 is 10.7. The first-order chi connectivity index (χ1) is 21.6. The maximum Gasteiger partial charge on any atom is 0.416 e. The molecule has 2 aromatic carbocycles. The van der Waals surface area contributed by atoms with E-state index in [0.29, 0.717) is 23.6 Å². The van der Waals surface area contributed by atoms with E-state index in [4.69, 9.17) is 9.47 Å². The zero-order valence-corrected chi connectivity index (χ0v) is 28.0. The molecular weight excluding hydrogens is 584 g/mol. The molecule has 10 nitrogen and oxygen atoms in total. The lowest BCUT2D eigenvalue weighted by Gasteiger charge is -2.28. The zero-order chi connectivity index (χ0) is 33.8. The molecule has 3 amide bonds. The maximum atomic E-state index is 13.2. The number of nitrogens with one attached hydrogen (secondary N) is 1. The third-order valence-electron chi connectivity index (χ3n) is 7.82. The van der Waals surface area contributed by atoms with Crippen LogP contribution < -0.4 is 15.1 Å². The first kappa shape index (κ1) is 34.1. The van der Waals surface area contributed by atoms with E-state index in [0.717, 1.165) is 27.8 Å². The molecule has 1 saturated heterocycles. The summed E-state index contributed by atoms with van der Waals surface area (Å²) >= 11 is 0. The van der Waals surface area contributed by atoms with Crippen LogP contribution in [0.1, 0.15) is 65.4 Å². The second-order valence-corrected chi connectivity index (χ2v) is 13.1. The lowest BCUT2D eigenvalue weighted by atomic mass is 9.98. The number of anilines is 2. The molecule has 10 heteroatoms. The second kappa shape index (κ2) is 14.1. The SMILES string of the molecule is COC(=O)C(Cc1ccc(N2CC(CN(C(=O)OC(C)(C)C)c3cc(C)ccn3)CC2=O)cc1)NC(=O)c1c(C)cc(C)cc1C. The molecule has 244 valence electrons. The Hall–Kier alpha value is -4.73. The average molecular weight is 629 g/mol. The molecule has 1 N–H and O–H groups in total. The zero-order valence-electron chi connectivity index (χ0n) is 28.0. The Morgan fingerprint density at radius 2 is 1.65 bits per heavy atom. The smallest absolute Gasteiger partial charge is 0.416 e. The van der Waals surface area contributed by atoms with E-state index < -0.39 is 23.7 Å². The van der Waals surface area contributed by atoms with Crippen LogP contribution in [0.25, 0.3) is 0 Å². The van der Waals surface area contributed by atoms with E-state index in [1.165, 1.54) is 12.0 Å². The fraction of sp³-hybridized carbons (Fsp3) is 0.417. The Balaban J connectivity index is 1.46. The molecule has 46 heavy (non-hydrogen) atoms. The third kappa shape index (κ3) is 8.50. The number of benzene rings is 2. The number of rotatable bonds is 9. The van der Waals surface area contributed by atoms with Crippen molar-refractivity contribution in [3.63, 3.8) is 0 Å². The van der Waals surface area contributed by atoms with Crippen LogP contribution in [0, 0.1) is 33.6 Å². The normalized spacial score (nSPS) is 15.3. The minimum absolute atomic E-state index is 0.0531. The number of methoxy groups -OCH3 is 1. The average Bonchev–Trinajstić information content (AvgIpc) is 3.33. The van der Waals surface area contributed by atoms with Gasteiger partial charge in [0.2, 0.25) is 5.91 Å². The van der Waals surface area contributed by atoms with Gasteiger partial charge in [-0.3, -0.25) is 14.5 Å². The molecule has 0 aliphatic carbocycles. The number of carbonyl (C=O) groups excluding carboxylic acids is 4. The number of hydrogen-bond acceptors (Lipinski definition) is 7. The van der Waals surface area contributed by atoms with E-state index >= 15 is 0 Å². The van der Waals surface area contributed by atoms with Crippen molar-refractivity contribution in [3.8, 4) is 0 Å². The minimum Gasteiger partial charge on any atom is -0.467 e. The van der Waals surface area contributed by atoms with Crippen molar-refractivity contribution in [1.82, 2.24) is 10.3 Å². The van der Waals surface area contributed by atoms with E-state index in [1.807, 2.05) is 97.0 Å². The molecule has 0 bridgehead atoms. The highest BCUT2D eigenvalue weighted by Crippen LogP contribution is 2.28. The number of ether oxygens (including phenoxy) is 2. The molecule has 1 fully saturated rings. The molecule has 0 radical (unpaired) electrons. The summed E-state index contributed by atoms with van der Waals surface area (Å²) in [5.74, 6) is -0.603. The summed E-state index contributed by atoms with van der Waals surface area (Å²) in [6.45, 7) is 13.8. The largest absolute Gasteiger partial charge is 0.467 e. The number of aryl methyl sites for hydroxylation is 4. The lowest BCUT2D eigenvalue weighted by molar-refractivity contribution is -0.142. The van der Waals surface area contributed by atoms with Crippen molar-refractivity contribution >= 4 is 35.4 Å². The summed E-state index contributed by atoms with van der Waals surface area (Å²) in [4.78, 5) is 59.8. The minimum atomic E-state index is -0.893. The Labute approximate surface area is 271 Å². The summed E-state index contributed by atoms with van der Waals surface area (Å²) in [7, 11) is 1.29. The highest BCUT2D eigenvalue weighted by Gasteiger charge is 2.35. The molecule has 1 aliphatic heterocycles.